The minimum atomic E-state index is -7.27. The summed E-state index contributed by atoms with van der Waals surface area (Å²) in [7, 11) is 0. The molecule has 0 amide bonds. The molecule has 0 unspecified atom stereocenters. The van der Waals surface area contributed by atoms with Crippen molar-refractivity contribution in [1.29, 1.82) is 0 Å². The van der Waals surface area contributed by atoms with E-state index in [1.165, 1.54) is 0 Å². The smallest absolute Gasteiger partial charge is 0.198 e. The second-order valence-corrected chi connectivity index (χ2v) is 5.00. The Morgan fingerprint density at radius 2 is 0.636 bits per heavy atom. The highest BCUT2D eigenvalue weighted by atomic mass is 127. The van der Waals surface area contributed by atoms with Crippen LogP contribution in [0.25, 0.3) is 0 Å². The molecule has 0 aliphatic carbocycles. The fourth-order valence-corrected chi connectivity index (χ4v) is 1.71. The lowest BCUT2D eigenvalue weighted by Crippen LogP contribution is -2.66. The normalized spacial score (nSPS) is 16.4. The van der Waals surface area contributed by atoms with Crippen molar-refractivity contribution in [2.24, 2.45) is 0 Å². The van der Waals surface area contributed by atoms with Gasteiger partial charge in [-0.15, -0.1) is 0 Å². The molecular weight excluding hydrogens is 477 g/mol. The standard InChI is InChI=1S/C7HF14I/c8-2(9,4(12,13)6(16,17)18)1(22)3(10,11)5(14,15)7(19,20)21/h1H. The highest BCUT2D eigenvalue weighted by molar-refractivity contribution is 14.1. The molecule has 0 aromatic carbocycles. The molecule has 15 heteroatoms. The minimum absolute atomic E-state index is 0.702. The second-order valence-electron chi connectivity index (χ2n) is 3.75. The van der Waals surface area contributed by atoms with Crippen molar-refractivity contribution in [2.45, 2.75) is 40.0 Å². The maximum absolute atomic E-state index is 12.8. The average Bonchev–Trinajstić information content (AvgIpc) is 2.24. The minimum Gasteiger partial charge on any atom is -0.198 e. The summed E-state index contributed by atoms with van der Waals surface area (Å²) in [5, 5.41) is 0. The first-order valence-electron chi connectivity index (χ1n) is 4.44. The SMILES string of the molecule is FC(F)(F)C(F)(F)C(F)(F)C(I)C(F)(F)C(F)(F)C(F)(F)F. The van der Waals surface area contributed by atoms with Crippen LogP contribution in [-0.2, 0) is 0 Å². The van der Waals surface area contributed by atoms with Crippen molar-refractivity contribution in [3.8, 4) is 0 Å². The van der Waals surface area contributed by atoms with Gasteiger partial charge in [0, 0.05) is 0 Å². The van der Waals surface area contributed by atoms with Crippen LogP contribution >= 0.6 is 22.6 Å². The van der Waals surface area contributed by atoms with Gasteiger partial charge >= 0.3 is 36.0 Å². The molecule has 0 aromatic rings. The Morgan fingerprint density at radius 3 is 0.773 bits per heavy atom. The Balaban J connectivity index is 6.00. The van der Waals surface area contributed by atoms with Gasteiger partial charge in [-0.25, -0.2) is 0 Å². The molecule has 0 fully saturated rings. The molecule has 0 nitrogen and oxygen atoms in total. The molecule has 0 aliphatic heterocycles. The first-order valence-corrected chi connectivity index (χ1v) is 5.69. The van der Waals surface area contributed by atoms with Gasteiger partial charge in [0.2, 0.25) is 0 Å². The molecule has 22 heavy (non-hydrogen) atoms. The molecule has 0 aliphatic rings. The highest BCUT2D eigenvalue weighted by Crippen LogP contribution is 2.58. The molecule has 0 saturated carbocycles. The maximum Gasteiger partial charge on any atom is 0.459 e. The summed E-state index contributed by atoms with van der Waals surface area (Å²) in [5.41, 5.74) is 0. The average molecular weight is 478 g/mol. The fraction of sp³-hybridized carbons (Fsp3) is 1.00. The van der Waals surface area contributed by atoms with Gasteiger partial charge in [0.25, 0.3) is 0 Å². The quantitative estimate of drug-likeness (QED) is 0.287. The molecule has 0 radical (unpaired) electrons. The lowest BCUT2D eigenvalue weighted by atomic mass is 9.98. The number of alkyl halides is 15. The number of rotatable bonds is 4. The summed E-state index contributed by atoms with van der Waals surface area (Å²) < 4.78 is 166. The monoisotopic (exact) mass is 478 g/mol. The Hall–Kier alpha value is -0.250. The van der Waals surface area contributed by atoms with Crippen molar-refractivity contribution < 1.29 is 61.5 Å². The van der Waals surface area contributed by atoms with E-state index in [1.807, 2.05) is 0 Å². The molecule has 0 atom stereocenters. The largest absolute Gasteiger partial charge is 0.459 e. The van der Waals surface area contributed by atoms with Crippen LogP contribution in [0.2, 0.25) is 0 Å². The molecule has 0 aromatic heterocycles. The zero-order valence-corrected chi connectivity index (χ0v) is 11.4. The van der Waals surface area contributed by atoms with Crippen molar-refractivity contribution in [2.75, 3.05) is 0 Å². The van der Waals surface area contributed by atoms with Crippen LogP contribution in [0, 0.1) is 0 Å². The van der Waals surface area contributed by atoms with E-state index in [2.05, 4.69) is 0 Å². The Labute approximate surface area is 125 Å². The van der Waals surface area contributed by atoms with Crippen LogP contribution in [0.5, 0.6) is 0 Å². The van der Waals surface area contributed by atoms with E-state index in [9.17, 15) is 61.5 Å². The number of hydrogen-bond acceptors (Lipinski definition) is 0. The van der Waals surface area contributed by atoms with Gasteiger partial charge in [0.05, 0.1) is 0 Å². The third-order valence-corrected chi connectivity index (χ3v) is 3.75. The van der Waals surface area contributed by atoms with Crippen molar-refractivity contribution in [1.82, 2.24) is 0 Å². The zero-order chi connectivity index (χ0) is 18.6. The molecule has 134 valence electrons. The summed E-state index contributed by atoms with van der Waals surface area (Å²) in [6, 6.07) is 0. The van der Waals surface area contributed by atoms with Gasteiger partial charge in [-0.3, -0.25) is 0 Å². The van der Waals surface area contributed by atoms with Gasteiger partial charge in [0.15, 0.2) is 3.92 Å². The Kier molecular flexibility index (Phi) is 5.33. The van der Waals surface area contributed by atoms with E-state index in [1.54, 1.807) is 0 Å². The lowest BCUT2D eigenvalue weighted by Gasteiger charge is -2.37. The Bertz CT molecular complexity index is 364. The molecule has 0 N–H and O–H groups in total. The van der Waals surface area contributed by atoms with Gasteiger partial charge in [0.1, 0.15) is 0 Å². The molecule has 0 rings (SSSR count). The van der Waals surface area contributed by atoms with Crippen LogP contribution in [0.15, 0.2) is 0 Å². The van der Waals surface area contributed by atoms with E-state index in [4.69, 9.17) is 0 Å². The predicted octanol–water partition coefficient (Wildman–Crippen LogP) is 5.46. The fourth-order valence-electron chi connectivity index (χ4n) is 0.924. The van der Waals surface area contributed by atoms with Crippen molar-refractivity contribution in [3.05, 3.63) is 0 Å². The van der Waals surface area contributed by atoms with Crippen LogP contribution in [-0.4, -0.2) is 40.0 Å². The van der Waals surface area contributed by atoms with Gasteiger partial charge in [-0.2, -0.15) is 61.5 Å². The predicted molar refractivity (Wildman–Crippen MR) is 49.7 cm³/mol. The molecular formula is C7HF14I. The third kappa shape index (κ3) is 3.05. The second kappa shape index (κ2) is 5.39. The van der Waals surface area contributed by atoms with Gasteiger partial charge in [-0.1, -0.05) is 22.6 Å². The number of halogens is 15. The van der Waals surface area contributed by atoms with E-state index >= 15 is 0 Å². The first kappa shape index (κ1) is 21.8. The molecule has 0 saturated heterocycles. The van der Waals surface area contributed by atoms with Crippen LogP contribution in [0.4, 0.5) is 61.5 Å². The first-order chi connectivity index (χ1) is 9.15. The van der Waals surface area contributed by atoms with Gasteiger partial charge < -0.3 is 0 Å². The summed E-state index contributed by atoms with van der Waals surface area (Å²) in [6.07, 6.45) is -14.3. The summed E-state index contributed by atoms with van der Waals surface area (Å²) in [5.74, 6) is -28.4. The zero-order valence-electron chi connectivity index (χ0n) is 9.25. The van der Waals surface area contributed by atoms with E-state index in [-0.39, 0.29) is 0 Å². The Morgan fingerprint density at radius 1 is 0.455 bits per heavy atom. The summed E-state index contributed by atoms with van der Waals surface area (Å²) >= 11 is -0.702. The molecule has 0 heterocycles. The third-order valence-electron chi connectivity index (χ3n) is 2.19. The van der Waals surface area contributed by atoms with Crippen LogP contribution < -0.4 is 0 Å². The number of hydrogen-bond donors (Lipinski definition) is 0. The van der Waals surface area contributed by atoms with E-state index in [0.29, 0.717) is 0 Å². The molecule has 0 bridgehead atoms. The maximum atomic E-state index is 12.8. The topological polar surface area (TPSA) is 0 Å². The van der Waals surface area contributed by atoms with Gasteiger partial charge in [-0.05, 0) is 0 Å². The van der Waals surface area contributed by atoms with Crippen LogP contribution in [0.3, 0.4) is 0 Å². The summed E-state index contributed by atoms with van der Waals surface area (Å²) in [6.45, 7) is 0. The molecule has 0 spiro atoms. The van der Waals surface area contributed by atoms with Crippen molar-refractivity contribution in [3.63, 3.8) is 0 Å². The summed E-state index contributed by atoms with van der Waals surface area (Å²) in [4.78, 5) is 0. The highest BCUT2D eigenvalue weighted by Gasteiger charge is 2.84. The van der Waals surface area contributed by atoms with Crippen LogP contribution in [0.1, 0.15) is 0 Å². The van der Waals surface area contributed by atoms with E-state index < -0.39 is 62.6 Å². The lowest BCUT2D eigenvalue weighted by molar-refractivity contribution is -0.387. The van der Waals surface area contributed by atoms with E-state index in [0.717, 1.165) is 0 Å². The van der Waals surface area contributed by atoms with Crippen molar-refractivity contribution >= 4 is 22.6 Å².